The summed E-state index contributed by atoms with van der Waals surface area (Å²) in [5, 5.41) is 0. The fourth-order valence-corrected chi connectivity index (χ4v) is 1.80. The van der Waals surface area contributed by atoms with E-state index in [0.29, 0.717) is 0 Å². The first-order valence-corrected chi connectivity index (χ1v) is 6.48. The monoisotopic (exact) mass is 226 g/mol. The van der Waals surface area contributed by atoms with E-state index < -0.39 is 0 Å². The van der Waals surface area contributed by atoms with E-state index in [1.54, 1.807) is 0 Å². The van der Waals surface area contributed by atoms with Crippen molar-refractivity contribution in [3.8, 4) is 0 Å². The van der Waals surface area contributed by atoms with Crippen molar-refractivity contribution in [1.29, 1.82) is 0 Å². The molecule has 0 spiro atoms. The molecule has 2 heteroatoms. The normalized spacial score (nSPS) is 12.1. The SMILES string of the molecule is C=CCC(CCCCCCCC)OC(C)=O. The van der Waals surface area contributed by atoms with Gasteiger partial charge in [-0.1, -0.05) is 45.1 Å². The number of rotatable bonds is 10. The second-order valence-electron chi connectivity index (χ2n) is 4.31. The van der Waals surface area contributed by atoms with Crippen LogP contribution in [-0.4, -0.2) is 12.1 Å². The van der Waals surface area contributed by atoms with Gasteiger partial charge in [0.2, 0.25) is 0 Å². The van der Waals surface area contributed by atoms with Gasteiger partial charge in [0.1, 0.15) is 6.10 Å². The third kappa shape index (κ3) is 9.75. The minimum atomic E-state index is -0.183. The predicted molar refractivity (Wildman–Crippen MR) is 68.4 cm³/mol. The first-order chi connectivity index (χ1) is 7.70. The molecular weight excluding hydrogens is 200 g/mol. The summed E-state index contributed by atoms with van der Waals surface area (Å²) >= 11 is 0. The highest BCUT2D eigenvalue weighted by molar-refractivity contribution is 5.66. The van der Waals surface area contributed by atoms with Crippen LogP contribution in [0.4, 0.5) is 0 Å². The number of carbonyl (C=O) groups excluding carboxylic acids is 1. The molecule has 0 heterocycles. The van der Waals surface area contributed by atoms with E-state index in [9.17, 15) is 4.79 Å². The van der Waals surface area contributed by atoms with E-state index in [-0.39, 0.29) is 12.1 Å². The lowest BCUT2D eigenvalue weighted by Gasteiger charge is -2.14. The van der Waals surface area contributed by atoms with Crippen molar-refractivity contribution in [2.75, 3.05) is 0 Å². The van der Waals surface area contributed by atoms with Crippen LogP contribution in [0, 0.1) is 0 Å². The van der Waals surface area contributed by atoms with Crippen LogP contribution >= 0.6 is 0 Å². The molecule has 16 heavy (non-hydrogen) atoms. The van der Waals surface area contributed by atoms with Crippen LogP contribution in [0.5, 0.6) is 0 Å². The maximum absolute atomic E-state index is 10.8. The Morgan fingerprint density at radius 3 is 2.44 bits per heavy atom. The Hall–Kier alpha value is -0.790. The molecule has 0 bridgehead atoms. The van der Waals surface area contributed by atoms with Gasteiger partial charge in [-0.3, -0.25) is 4.79 Å². The third-order valence-corrected chi connectivity index (χ3v) is 2.64. The summed E-state index contributed by atoms with van der Waals surface area (Å²) < 4.78 is 5.21. The van der Waals surface area contributed by atoms with Crippen LogP contribution < -0.4 is 0 Å². The van der Waals surface area contributed by atoms with Crippen LogP contribution in [0.2, 0.25) is 0 Å². The minimum Gasteiger partial charge on any atom is -0.462 e. The van der Waals surface area contributed by atoms with E-state index >= 15 is 0 Å². The van der Waals surface area contributed by atoms with Crippen LogP contribution in [0.3, 0.4) is 0 Å². The van der Waals surface area contributed by atoms with Gasteiger partial charge in [0.15, 0.2) is 0 Å². The van der Waals surface area contributed by atoms with E-state index in [0.717, 1.165) is 19.3 Å². The predicted octanol–water partition coefficient (Wildman–Crippen LogP) is 4.24. The average molecular weight is 226 g/mol. The fraction of sp³-hybridized carbons (Fsp3) is 0.786. The van der Waals surface area contributed by atoms with Gasteiger partial charge in [-0.25, -0.2) is 0 Å². The molecule has 94 valence electrons. The van der Waals surface area contributed by atoms with Crippen molar-refractivity contribution >= 4 is 5.97 Å². The lowest BCUT2D eigenvalue weighted by Crippen LogP contribution is -2.15. The van der Waals surface area contributed by atoms with Crippen molar-refractivity contribution in [3.05, 3.63) is 12.7 Å². The van der Waals surface area contributed by atoms with Crippen molar-refractivity contribution < 1.29 is 9.53 Å². The smallest absolute Gasteiger partial charge is 0.302 e. The second-order valence-corrected chi connectivity index (χ2v) is 4.31. The Morgan fingerprint density at radius 2 is 1.88 bits per heavy atom. The van der Waals surface area contributed by atoms with Crippen molar-refractivity contribution in [2.24, 2.45) is 0 Å². The highest BCUT2D eigenvalue weighted by Gasteiger charge is 2.09. The van der Waals surface area contributed by atoms with E-state index in [1.165, 1.54) is 39.0 Å². The molecule has 0 aromatic carbocycles. The van der Waals surface area contributed by atoms with Crippen molar-refractivity contribution in [3.63, 3.8) is 0 Å². The van der Waals surface area contributed by atoms with Gasteiger partial charge in [-0.05, 0) is 12.8 Å². The summed E-state index contributed by atoms with van der Waals surface area (Å²) in [6.45, 7) is 7.38. The van der Waals surface area contributed by atoms with Crippen LogP contribution in [0.1, 0.15) is 65.2 Å². The molecular formula is C14H26O2. The molecule has 0 aromatic heterocycles. The third-order valence-electron chi connectivity index (χ3n) is 2.64. The van der Waals surface area contributed by atoms with Crippen LogP contribution in [-0.2, 0) is 9.53 Å². The van der Waals surface area contributed by atoms with Crippen molar-refractivity contribution in [2.45, 2.75) is 71.3 Å². The van der Waals surface area contributed by atoms with Gasteiger partial charge in [-0.2, -0.15) is 0 Å². The number of ether oxygens (including phenoxy) is 1. The van der Waals surface area contributed by atoms with Crippen LogP contribution in [0.25, 0.3) is 0 Å². The van der Waals surface area contributed by atoms with E-state index in [2.05, 4.69) is 13.5 Å². The Morgan fingerprint density at radius 1 is 1.25 bits per heavy atom. The second kappa shape index (κ2) is 10.7. The van der Waals surface area contributed by atoms with Gasteiger partial charge in [0, 0.05) is 13.3 Å². The Balaban J connectivity index is 3.51. The summed E-state index contributed by atoms with van der Waals surface area (Å²) in [6.07, 6.45) is 11.2. The maximum Gasteiger partial charge on any atom is 0.302 e. The average Bonchev–Trinajstić information content (AvgIpc) is 2.22. The number of esters is 1. The van der Waals surface area contributed by atoms with Gasteiger partial charge >= 0.3 is 5.97 Å². The topological polar surface area (TPSA) is 26.3 Å². The fourth-order valence-electron chi connectivity index (χ4n) is 1.80. The Labute approximate surface area is 100 Å². The first kappa shape index (κ1) is 15.2. The molecule has 1 atom stereocenters. The van der Waals surface area contributed by atoms with Crippen LogP contribution in [0.15, 0.2) is 12.7 Å². The standard InChI is InChI=1S/C14H26O2/c1-4-6-7-8-9-10-12-14(11-5-2)16-13(3)15/h5,14H,2,4,6-12H2,1,3H3. The van der Waals surface area contributed by atoms with Gasteiger partial charge in [-0.15, -0.1) is 6.58 Å². The summed E-state index contributed by atoms with van der Waals surface area (Å²) in [5.41, 5.74) is 0. The van der Waals surface area contributed by atoms with E-state index in [4.69, 9.17) is 4.74 Å². The molecule has 0 amide bonds. The molecule has 0 radical (unpaired) electrons. The minimum absolute atomic E-state index is 0.0428. The zero-order valence-electron chi connectivity index (χ0n) is 10.8. The Bertz CT molecular complexity index is 187. The maximum atomic E-state index is 10.8. The molecule has 0 saturated heterocycles. The summed E-state index contributed by atoms with van der Waals surface area (Å²) in [4.78, 5) is 10.8. The lowest BCUT2D eigenvalue weighted by atomic mass is 10.1. The summed E-state index contributed by atoms with van der Waals surface area (Å²) in [5.74, 6) is -0.183. The van der Waals surface area contributed by atoms with Gasteiger partial charge in [0.25, 0.3) is 0 Å². The highest BCUT2D eigenvalue weighted by Crippen LogP contribution is 2.13. The van der Waals surface area contributed by atoms with Gasteiger partial charge < -0.3 is 4.74 Å². The highest BCUT2D eigenvalue weighted by atomic mass is 16.5. The molecule has 0 aromatic rings. The summed E-state index contributed by atoms with van der Waals surface area (Å²) in [6, 6.07) is 0. The summed E-state index contributed by atoms with van der Waals surface area (Å²) in [7, 11) is 0. The molecule has 0 aliphatic heterocycles. The number of carbonyl (C=O) groups is 1. The quantitative estimate of drug-likeness (QED) is 0.316. The zero-order chi connectivity index (χ0) is 12.2. The van der Waals surface area contributed by atoms with E-state index in [1.807, 2.05) is 6.08 Å². The largest absolute Gasteiger partial charge is 0.462 e. The van der Waals surface area contributed by atoms with Crippen molar-refractivity contribution in [1.82, 2.24) is 0 Å². The molecule has 0 aliphatic carbocycles. The number of unbranched alkanes of at least 4 members (excludes halogenated alkanes) is 5. The number of hydrogen-bond donors (Lipinski definition) is 0. The molecule has 0 fully saturated rings. The molecule has 2 nitrogen and oxygen atoms in total. The Kier molecular flexibility index (Phi) is 10.2. The van der Waals surface area contributed by atoms with Gasteiger partial charge in [0.05, 0.1) is 0 Å². The molecule has 1 unspecified atom stereocenters. The number of hydrogen-bond acceptors (Lipinski definition) is 2. The molecule has 0 saturated carbocycles. The molecule has 0 aliphatic rings. The first-order valence-electron chi connectivity index (χ1n) is 6.48. The molecule has 0 N–H and O–H groups in total. The lowest BCUT2D eigenvalue weighted by molar-refractivity contribution is -0.146. The zero-order valence-corrected chi connectivity index (χ0v) is 10.8. The molecule has 0 rings (SSSR count).